The Bertz CT molecular complexity index is 523. The molecule has 1 aromatic heterocycles. The van der Waals surface area contributed by atoms with Gasteiger partial charge in [-0.2, -0.15) is 0 Å². The molecule has 0 bridgehead atoms. The van der Waals surface area contributed by atoms with E-state index in [4.69, 9.17) is 0 Å². The second kappa shape index (κ2) is 4.37. The molecular formula is C12H14N4O. The number of aromatic nitrogens is 3. The predicted molar refractivity (Wildman–Crippen MR) is 65.1 cm³/mol. The van der Waals surface area contributed by atoms with Crippen molar-refractivity contribution < 1.29 is 4.79 Å². The van der Waals surface area contributed by atoms with Crippen molar-refractivity contribution >= 4 is 11.6 Å². The lowest BCUT2D eigenvalue weighted by atomic mass is 10.1. The van der Waals surface area contributed by atoms with E-state index in [9.17, 15) is 4.79 Å². The molecule has 1 aromatic carbocycles. The summed E-state index contributed by atoms with van der Waals surface area (Å²) in [5.74, 6) is -0.0618. The highest BCUT2D eigenvalue weighted by atomic mass is 16.1. The third-order valence-corrected chi connectivity index (χ3v) is 2.54. The molecule has 0 aliphatic rings. The minimum atomic E-state index is -0.0618. The van der Waals surface area contributed by atoms with Crippen molar-refractivity contribution in [1.29, 1.82) is 0 Å². The molecule has 0 saturated heterocycles. The summed E-state index contributed by atoms with van der Waals surface area (Å²) in [5.41, 5.74) is 3.89. The van der Waals surface area contributed by atoms with E-state index < -0.39 is 0 Å². The lowest BCUT2D eigenvalue weighted by molar-refractivity contribution is -0.114. The van der Waals surface area contributed by atoms with E-state index in [2.05, 4.69) is 15.5 Å². The maximum Gasteiger partial charge on any atom is 0.221 e. The maximum absolute atomic E-state index is 11.1. The van der Waals surface area contributed by atoms with Crippen LogP contribution in [0.15, 0.2) is 24.8 Å². The summed E-state index contributed by atoms with van der Waals surface area (Å²) in [6.45, 7) is 5.44. The second-order valence-electron chi connectivity index (χ2n) is 4.00. The number of hydrogen-bond donors (Lipinski definition) is 1. The first-order valence-electron chi connectivity index (χ1n) is 5.32. The van der Waals surface area contributed by atoms with Crippen LogP contribution in [0.2, 0.25) is 0 Å². The first-order chi connectivity index (χ1) is 8.08. The average Bonchev–Trinajstić information content (AvgIpc) is 2.76. The van der Waals surface area contributed by atoms with Gasteiger partial charge in [0.05, 0.1) is 0 Å². The molecule has 17 heavy (non-hydrogen) atoms. The highest BCUT2D eigenvalue weighted by Crippen LogP contribution is 2.23. The van der Waals surface area contributed by atoms with Crippen LogP contribution in [0.1, 0.15) is 18.1 Å². The Morgan fingerprint density at radius 2 is 1.71 bits per heavy atom. The number of rotatable bonds is 2. The van der Waals surface area contributed by atoms with Crippen LogP contribution >= 0.6 is 0 Å². The van der Waals surface area contributed by atoms with Crippen molar-refractivity contribution in [3.8, 4) is 5.69 Å². The monoisotopic (exact) mass is 230 g/mol. The third kappa shape index (κ3) is 2.33. The van der Waals surface area contributed by atoms with Crippen LogP contribution in [0.3, 0.4) is 0 Å². The standard InChI is InChI=1S/C12H14N4O/c1-8-4-11(16-6-13-14-7-16)5-9(2)12(8)15-10(3)17/h4-7H,1-3H3,(H,15,17). The van der Waals surface area contributed by atoms with Gasteiger partial charge in [0.2, 0.25) is 5.91 Å². The summed E-state index contributed by atoms with van der Waals surface area (Å²) in [5, 5.41) is 10.4. The lowest BCUT2D eigenvalue weighted by Crippen LogP contribution is -2.09. The predicted octanol–water partition coefficient (Wildman–Crippen LogP) is 1.84. The van der Waals surface area contributed by atoms with Gasteiger partial charge in [0, 0.05) is 18.3 Å². The zero-order chi connectivity index (χ0) is 12.4. The van der Waals surface area contributed by atoms with Gasteiger partial charge in [-0.15, -0.1) is 10.2 Å². The fourth-order valence-electron chi connectivity index (χ4n) is 1.80. The number of carbonyl (C=O) groups is 1. The number of benzene rings is 1. The number of anilines is 1. The van der Waals surface area contributed by atoms with Crippen LogP contribution < -0.4 is 5.32 Å². The zero-order valence-electron chi connectivity index (χ0n) is 10.1. The van der Waals surface area contributed by atoms with E-state index in [1.54, 1.807) is 12.7 Å². The van der Waals surface area contributed by atoms with E-state index in [0.29, 0.717) is 0 Å². The quantitative estimate of drug-likeness (QED) is 0.856. The fraction of sp³-hybridized carbons (Fsp3) is 0.250. The summed E-state index contributed by atoms with van der Waals surface area (Å²) in [6, 6.07) is 3.98. The number of amides is 1. The molecule has 1 heterocycles. The van der Waals surface area contributed by atoms with Gasteiger partial charge in [-0.3, -0.25) is 9.36 Å². The molecule has 5 nitrogen and oxygen atoms in total. The normalized spacial score (nSPS) is 10.3. The van der Waals surface area contributed by atoms with Gasteiger partial charge in [0.15, 0.2) is 0 Å². The van der Waals surface area contributed by atoms with Crippen molar-refractivity contribution in [3.05, 3.63) is 35.9 Å². The zero-order valence-corrected chi connectivity index (χ0v) is 10.1. The highest BCUT2D eigenvalue weighted by molar-refractivity contribution is 5.90. The molecular weight excluding hydrogens is 216 g/mol. The molecule has 88 valence electrons. The van der Waals surface area contributed by atoms with Crippen LogP contribution in [0, 0.1) is 13.8 Å². The Hall–Kier alpha value is -2.17. The molecule has 5 heteroatoms. The number of hydrogen-bond acceptors (Lipinski definition) is 3. The summed E-state index contributed by atoms with van der Waals surface area (Å²) in [4.78, 5) is 11.1. The van der Waals surface area contributed by atoms with Crippen molar-refractivity contribution in [2.24, 2.45) is 0 Å². The molecule has 1 N–H and O–H groups in total. The SMILES string of the molecule is CC(=O)Nc1c(C)cc(-n2cnnc2)cc1C. The molecule has 0 aliphatic heterocycles. The van der Waals surface area contributed by atoms with Gasteiger partial charge in [0.25, 0.3) is 0 Å². The molecule has 2 aromatic rings. The van der Waals surface area contributed by atoms with Crippen LogP contribution in [-0.4, -0.2) is 20.7 Å². The molecule has 0 spiro atoms. The van der Waals surface area contributed by atoms with Gasteiger partial charge in [-0.25, -0.2) is 0 Å². The van der Waals surface area contributed by atoms with Gasteiger partial charge in [-0.1, -0.05) is 0 Å². The largest absolute Gasteiger partial charge is 0.326 e. The number of nitrogens with one attached hydrogen (secondary N) is 1. The summed E-state index contributed by atoms with van der Waals surface area (Å²) in [6.07, 6.45) is 3.29. The van der Waals surface area contributed by atoms with E-state index in [0.717, 1.165) is 22.5 Å². The van der Waals surface area contributed by atoms with Crippen molar-refractivity contribution in [2.75, 3.05) is 5.32 Å². The topological polar surface area (TPSA) is 59.8 Å². The number of carbonyl (C=O) groups excluding carboxylic acids is 1. The Kier molecular flexibility index (Phi) is 2.91. The highest BCUT2D eigenvalue weighted by Gasteiger charge is 2.07. The van der Waals surface area contributed by atoms with E-state index in [-0.39, 0.29) is 5.91 Å². The fourth-order valence-corrected chi connectivity index (χ4v) is 1.80. The van der Waals surface area contributed by atoms with Crippen LogP contribution in [-0.2, 0) is 4.79 Å². The van der Waals surface area contributed by atoms with E-state index >= 15 is 0 Å². The van der Waals surface area contributed by atoms with Crippen LogP contribution in [0.4, 0.5) is 5.69 Å². The summed E-state index contributed by atoms with van der Waals surface area (Å²) in [7, 11) is 0. The summed E-state index contributed by atoms with van der Waals surface area (Å²) < 4.78 is 1.83. The van der Waals surface area contributed by atoms with Crippen molar-refractivity contribution in [3.63, 3.8) is 0 Å². The minimum Gasteiger partial charge on any atom is -0.326 e. The first kappa shape index (κ1) is 11.3. The molecule has 0 fully saturated rings. The van der Waals surface area contributed by atoms with Gasteiger partial charge >= 0.3 is 0 Å². The number of nitrogens with zero attached hydrogens (tertiary/aromatic N) is 3. The average molecular weight is 230 g/mol. The van der Waals surface area contributed by atoms with Gasteiger partial charge in [-0.05, 0) is 37.1 Å². The van der Waals surface area contributed by atoms with Crippen molar-refractivity contribution in [2.45, 2.75) is 20.8 Å². The smallest absolute Gasteiger partial charge is 0.221 e. The Labute approximate surface area is 99.5 Å². The van der Waals surface area contributed by atoms with E-state index in [1.807, 2.05) is 30.5 Å². The number of aryl methyl sites for hydroxylation is 2. The van der Waals surface area contributed by atoms with Crippen LogP contribution in [0.25, 0.3) is 5.69 Å². The molecule has 0 saturated carbocycles. The molecule has 0 atom stereocenters. The third-order valence-electron chi connectivity index (χ3n) is 2.54. The van der Waals surface area contributed by atoms with E-state index in [1.165, 1.54) is 6.92 Å². The molecule has 0 unspecified atom stereocenters. The van der Waals surface area contributed by atoms with Crippen LogP contribution in [0.5, 0.6) is 0 Å². The second-order valence-corrected chi connectivity index (χ2v) is 4.00. The molecule has 0 radical (unpaired) electrons. The van der Waals surface area contributed by atoms with Gasteiger partial charge in [0.1, 0.15) is 12.7 Å². The molecule has 0 aliphatic carbocycles. The Morgan fingerprint density at radius 1 is 1.18 bits per heavy atom. The molecule has 1 amide bonds. The first-order valence-corrected chi connectivity index (χ1v) is 5.32. The van der Waals surface area contributed by atoms with Crippen molar-refractivity contribution in [1.82, 2.24) is 14.8 Å². The molecule has 2 rings (SSSR count). The Balaban J connectivity index is 2.45. The maximum atomic E-state index is 11.1. The summed E-state index contributed by atoms with van der Waals surface area (Å²) >= 11 is 0. The van der Waals surface area contributed by atoms with Gasteiger partial charge < -0.3 is 5.32 Å². The Morgan fingerprint density at radius 3 is 2.18 bits per heavy atom. The minimum absolute atomic E-state index is 0.0618. The lowest BCUT2D eigenvalue weighted by Gasteiger charge is -2.12.